The number of carbonyl (C=O) groups is 1. The predicted octanol–water partition coefficient (Wildman–Crippen LogP) is 2.12. The molecule has 0 aliphatic carbocycles. The molecule has 0 spiro atoms. The average molecular weight is 438 g/mol. The molecule has 0 saturated carbocycles. The Kier molecular flexibility index (Phi) is 6.79. The SMILES string of the molecule is CN(C)CCOc1ccccc1Nc1c(Nc2cccc(C(=O)N(C)C)c2O)c(=O)c1=O. The Morgan fingerprint density at radius 1 is 0.906 bits per heavy atom. The lowest BCUT2D eigenvalue weighted by molar-refractivity contribution is 0.0824. The van der Waals surface area contributed by atoms with Crippen LogP contribution in [0.2, 0.25) is 0 Å². The van der Waals surface area contributed by atoms with Crippen molar-refractivity contribution >= 4 is 28.7 Å². The minimum absolute atomic E-state index is 0.00264. The van der Waals surface area contributed by atoms with Crippen molar-refractivity contribution in [2.24, 2.45) is 0 Å². The molecule has 0 unspecified atom stereocenters. The molecule has 0 heterocycles. The number of rotatable bonds is 9. The van der Waals surface area contributed by atoms with Gasteiger partial charge in [0, 0.05) is 20.6 Å². The quantitative estimate of drug-likeness (QED) is 0.344. The molecule has 3 N–H and O–H groups in total. The summed E-state index contributed by atoms with van der Waals surface area (Å²) in [6.07, 6.45) is 0. The lowest BCUT2D eigenvalue weighted by atomic mass is 10.1. The van der Waals surface area contributed by atoms with Crippen molar-refractivity contribution < 1.29 is 14.6 Å². The summed E-state index contributed by atoms with van der Waals surface area (Å²) in [5, 5.41) is 16.3. The summed E-state index contributed by atoms with van der Waals surface area (Å²) >= 11 is 0. The van der Waals surface area contributed by atoms with Gasteiger partial charge in [-0.3, -0.25) is 14.4 Å². The molecule has 1 amide bonds. The van der Waals surface area contributed by atoms with Crippen LogP contribution in [-0.2, 0) is 0 Å². The first kappa shape index (κ1) is 22.8. The van der Waals surface area contributed by atoms with Crippen LogP contribution in [0.25, 0.3) is 0 Å². The van der Waals surface area contributed by atoms with E-state index >= 15 is 0 Å². The molecular weight excluding hydrogens is 412 g/mol. The molecule has 0 saturated heterocycles. The number of phenolic OH excluding ortho intramolecular Hbond substituents is 1. The van der Waals surface area contributed by atoms with Crippen LogP contribution in [-0.4, -0.2) is 62.2 Å². The summed E-state index contributed by atoms with van der Waals surface area (Å²) in [4.78, 5) is 40.0. The molecule has 168 valence electrons. The Balaban J connectivity index is 1.86. The second-order valence-corrected chi connectivity index (χ2v) is 7.71. The number of para-hydroxylation sites is 3. The Labute approximate surface area is 185 Å². The summed E-state index contributed by atoms with van der Waals surface area (Å²) in [6.45, 7) is 1.16. The van der Waals surface area contributed by atoms with Crippen LogP contribution < -0.4 is 26.2 Å². The van der Waals surface area contributed by atoms with E-state index in [1.165, 1.54) is 17.0 Å². The first-order valence-corrected chi connectivity index (χ1v) is 9.98. The van der Waals surface area contributed by atoms with Gasteiger partial charge in [-0.2, -0.15) is 0 Å². The molecule has 3 aromatic rings. The van der Waals surface area contributed by atoms with Crippen LogP contribution in [0.1, 0.15) is 10.4 Å². The molecule has 0 bridgehead atoms. The normalized spacial score (nSPS) is 10.9. The van der Waals surface area contributed by atoms with E-state index in [0.29, 0.717) is 24.6 Å². The van der Waals surface area contributed by atoms with Gasteiger partial charge in [0.1, 0.15) is 23.7 Å². The van der Waals surface area contributed by atoms with E-state index in [1.807, 2.05) is 25.1 Å². The molecule has 32 heavy (non-hydrogen) atoms. The highest BCUT2D eigenvalue weighted by Gasteiger charge is 2.24. The fraction of sp³-hybridized carbons (Fsp3) is 0.261. The van der Waals surface area contributed by atoms with Crippen LogP contribution in [0.4, 0.5) is 22.7 Å². The number of phenols is 1. The summed E-state index contributed by atoms with van der Waals surface area (Å²) in [6, 6.07) is 11.7. The number of likely N-dealkylation sites (N-methyl/N-ethyl adjacent to an activating group) is 1. The summed E-state index contributed by atoms with van der Waals surface area (Å²) < 4.78 is 5.79. The van der Waals surface area contributed by atoms with E-state index in [9.17, 15) is 19.5 Å². The molecule has 0 aliphatic heterocycles. The summed E-state index contributed by atoms with van der Waals surface area (Å²) in [5.41, 5.74) is -0.596. The zero-order chi connectivity index (χ0) is 23.4. The summed E-state index contributed by atoms with van der Waals surface area (Å²) in [7, 11) is 7.01. The molecule has 0 fully saturated rings. The Morgan fingerprint density at radius 2 is 1.50 bits per heavy atom. The topological polar surface area (TPSA) is 111 Å². The van der Waals surface area contributed by atoms with Gasteiger partial charge in [0.2, 0.25) is 0 Å². The number of hydrogen-bond donors (Lipinski definition) is 3. The van der Waals surface area contributed by atoms with Crippen molar-refractivity contribution in [2.45, 2.75) is 0 Å². The number of aromatic hydroxyl groups is 1. The second kappa shape index (κ2) is 9.52. The van der Waals surface area contributed by atoms with Gasteiger partial charge < -0.3 is 30.3 Å². The molecule has 0 atom stereocenters. The molecule has 0 aromatic heterocycles. The van der Waals surface area contributed by atoms with Gasteiger partial charge in [0.15, 0.2) is 5.75 Å². The van der Waals surface area contributed by atoms with Crippen molar-refractivity contribution in [3.05, 3.63) is 68.5 Å². The molecule has 9 nitrogen and oxygen atoms in total. The third-order valence-corrected chi connectivity index (χ3v) is 4.79. The first-order valence-electron chi connectivity index (χ1n) is 9.98. The molecule has 0 aliphatic rings. The van der Waals surface area contributed by atoms with Gasteiger partial charge in [-0.1, -0.05) is 18.2 Å². The average Bonchev–Trinajstić information content (AvgIpc) is 2.77. The highest BCUT2D eigenvalue weighted by atomic mass is 16.5. The van der Waals surface area contributed by atoms with Gasteiger partial charge in [0.05, 0.1) is 16.9 Å². The number of hydrogen-bond acceptors (Lipinski definition) is 8. The second-order valence-electron chi connectivity index (χ2n) is 7.71. The van der Waals surface area contributed by atoms with Gasteiger partial charge in [0.25, 0.3) is 16.8 Å². The van der Waals surface area contributed by atoms with Crippen molar-refractivity contribution in [3.63, 3.8) is 0 Å². The van der Waals surface area contributed by atoms with Crippen LogP contribution in [0.3, 0.4) is 0 Å². The zero-order valence-corrected chi connectivity index (χ0v) is 18.4. The van der Waals surface area contributed by atoms with Crippen LogP contribution in [0.5, 0.6) is 11.5 Å². The predicted molar refractivity (Wildman–Crippen MR) is 125 cm³/mol. The third-order valence-electron chi connectivity index (χ3n) is 4.79. The lowest BCUT2D eigenvalue weighted by Crippen LogP contribution is -2.36. The van der Waals surface area contributed by atoms with Crippen LogP contribution >= 0.6 is 0 Å². The Bertz CT molecular complexity index is 1200. The number of nitrogens with one attached hydrogen (secondary N) is 2. The highest BCUT2D eigenvalue weighted by molar-refractivity contribution is 5.99. The maximum absolute atomic E-state index is 12.3. The van der Waals surface area contributed by atoms with Gasteiger partial charge in [-0.25, -0.2) is 0 Å². The number of anilines is 4. The Hall–Kier alpha value is -3.85. The number of nitrogens with zero attached hydrogens (tertiary/aromatic N) is 2. The molecular formula is C23H26N4O5. The number of ether oxygens (including phenoxy) is 1. The molecule has 9 heteroatoms. The van der Waals surface area contributed by atoms with Gasteiger partial charge in [-0.05, 0) is 38.4 Å². The molecule has 3 aromatic carbocycles. The van der Waals surface area contributed by atoms with E-state index in [2.05, 4.69) is 10.6 Å². The number of benzene rings is 2. The van der Waals surface area contributed by atoms with E-state index < -0.39 is 16.8 Å². The lowest BCUT2D eigenvalue weighted by Gasteiger charge is -2.19. The van der Waals surface area contributed by atoms with Gasteiger partial charge in [-0.15, -0.1) is 0 Å². The fourth-order valence-corrected chi connectivity index (χ4v) is 2.99. The fourth-order valence-electron chi connectivity index (χ4n) is 2.99. The smallest absolute Gasteiger partial charge is 0.257 e. The molecule has 0 radical (unpaired) electrons. The number of carbonyl (C=O) groups excluding carboxylic acids is 1. The van der Waals surface area contributed by atoms with Crippen molar-refractivity contribution in [1.82, 2.24) is 9.80 Å². The van der Waals surface area contributed by atoms with Crippen molar-refractivity contribution in [2.75, 3.05) is 52.0 Å². The maximum atomic E-state index is 12.3. The Morgan fingerprint density at radius 3 is 2.12 bits per heavy atom. The van der Waals surface area contributed by atoms with E-state index in [0.717, 1.165) is 0 Å². The highest BCUT2D eigenvalue weighted by Crippen LogP contribution is 2.34. The monoisotopic (exact) mass is 438 g/mol. The standard InChI is InChI=1S/C23H26N4O5/c1-26(2)12-13-32-17-11-6-5-9-15(17)24-18-19(22(30)21(18)29)25-16-10-7-8-14(20(16)28)23(31)27(3)4/h5-11,24-25,28H,12-13H2,1-4H3. The first-order chi connectivity index (χ1) is 15.2. The zero-order valence-electron chi connectivity index (χ0n) is 18.4. The van der Waals surface area contributed by atoms with Crippen molar-refractivity contribution in [3.8, 4) is 11.5 Å². The van der Waals surface area contributed by atoms with Gasteiger partial charge >= 0.3 is 0 Å². The minimum Gasteiger partial charge on any atom is -0.505 e. The van der Waals surface area contributed by atoms with Crippen LogP contribution in [0.15, 0.2) is 52.1 Å². The minimum atomic E-state index is -0.720. The van der Waals surface area contributed by atoms with E-state index in [-0.39, 0.29) is 28.4 Å². The maximum Gasteiger partial charge on any atom is 0.257 e. The van der Waals surface area contributed by atoms with Crippen molar-refractivity contribution in [1.29, 1.82) is 0 Å². The summed E-state index contributed by atoms with van der Waals surface area (Å²) in [5.74, 6) is -0.161. The third kappa shape index (κ3) is 4.73. The van der Waals surface area contributed by atoms with Crippen LogP contribution in [0, 0.1) is 0 Å². The van der Waals surface area contributed by atoms with E-state index in [4.69, 9.17) is 4.74 Å². The largest absolute Gasteiger partial charge is 0.505 e. The van der Waals surface area contributed by atoms with E-state index in [1.54, 1.807) is 38.4 Å². The molecule has 3 rings (SSSR count). The number of amides is 1.